The van der Waals surface area contributed by atoms with Crippen molar-refractivity contribution in [2.24, 2.45) is 0 Å². The first-order valence-electron chi connectivity index (χ1n) is 4.31. The van der Waals surface area contributed by atoms with Crippen molar-refractivity contribution in [2.45, 2.75) is 9.65 Å². The highest BCUT2D eigenvalue weighted by Crippen LogP contribution is 2.42. The van der Waals surface area contributed by atoms with Gasteiger partial charge in [-0.2, -0.15) is 0 Å². The van der Waals surface area contributed by atoms with E-state index in [1.54, 1.807) is 7.11 Å². The highest BCUT2D eigenvalue weighted by atomic mass is 79.9. The van der Waals surface area contributed by atoms with Gasteiger partial charge in [0.2, 0.25) is 0 Å². The smallest absolute Gasteiger partial charge is 0.123 e. The first-order valence-corrected chi connectivity index (χ1v) is 6.14. The number of hydrogen-bond acceptors (Lipinski definition) is 2. The molecule has 0 saturated heterocycles. The van der Waals surface area contributed by atoms with Crippen LogP contribution in [0.1, 0.15) is 10.4 Å². The van der Waals surface area contributed by atoms with Gasteiger partial charge in [0.15, 0.2) is 0 Å². The molecule has 0 fully saturated rings. The lowest BCUT2D eigenvalue weighted by Gasteiger charge is -2.26. The van der Waals surface area contributed by atoms with Crippen molar-refractivity contribution in [3.05, 3.63) is 23.8 Å². The van der Waals surface area contributed by atoms with Gasteiger partial charge < -0.3 is 9.47 Å². The van der Waals surface area contributed by atoms with E-state index < -0.39 is 0 Å². The molecule has 1 aromatic rings. The molecule has 14 heavy (non-hydrogen) atoms. The van der Waals surface area contributed by atoms with E-state index in [0.717, 1.165) is 17.1 Å². The molecule has 0 amide bonds. The van der Waals surface area contributed by atoms with Crippen LogP contribution in [0.4, 0.5) is 0 Å². The van der Waals surface area contributed by atoms with Crippen LogP contribution in [0.2, 0.25) is 0 Å². The van der Waals surface area contributed by atoms with E-state index in [4.69, 9.17) is 9.47 Å². The summed E-state index contributed by atoms with van der Waals surface area (Å²) in [5.41, 5.74) is 1.14. The van der Waals surface area contributed by atoms with Crippen LogP contribution in [0.15, 0.2) is 18.2 Å². The Kier molecular flexibility index (Phi) is 3.02. The lowest BCUT2D eigenvalue weighted by atomic mass is 10.1. The number of rotatable bonds is 1. The van der Waals surface area contributed by atoms with Gasteiger partial charge in [-0.15, -0.1) is 0 Å². The third kappa shape index (κ3) is 1.77. The maximum atomic E-state index is 5.57. The second-order valence-electron chi connectivity index (χ2n) is 3.13. The van der Waals surface area contributed by atoms with E-state index in [1.165, 1.54) is 0 Å². The molecule has 76 valence electrons. The maximum absolute atomic E-state index is 5.57. The Labute approximate surface area is 99.8 Å². The number of methoxy groups -OCH3 is 1. The van der Waals surface area contributed by atoms with Crippen molar-refractivity contribution in [3.63, 3.8) is 0 Å². The zero-order valence-corrected chi connectivity index (χ0v) is 10.8. The molecule has 2 atom stereocenters. The summed E-state index contributed by atoms with van der Waals surface area (Å²) in [6.07, 6.45) is 0. The van der Waals surface area contributed by atoms with E-state index in [2.05, 4.69) is 31.9 Å². The summed E-state index contributed by atoms with van der Waals surface area (Å²) in [5.74, 6) is 1.79. The van der Waals surface area contributed by atoms with Crippen LogP contribution in [-0.2, 0) is 0 Å². The molecule has 1 aliphatic heterocycles. The number of alkyl halides is 2. The van der Waals surface area contributed by atoms with Crippen molar-refractivity contribution < 1.29 is 9.47 Å². The summed E-state index contributed by atoms with van der Waals surface area (Å²) in [4.78, 5) is 0.587. The fraction of sp³-hybridized carbons (Fsp3) is 0.400. The molecule has 0 unspecified atom stereocenters. The first kappa shape index (κ1) is 10.3. The monoisotopic (exact) mass is 320 g/mol. The third-order valence-corrected chi connectivity index (χ3v) is 4.86. The van der Waals surface area contributed by atoms with Gasteiger partial charge in [0, 0.05) is 5.56 Å². The van der Waals surface area contributed by atoms with Gasteiger partial charge in [0.05, 0.1) is 16.8 Å². The summed E-state index contributed by atoms with van der Waals surface area (Å²) < 4.78 is 10.7. The molecule has 0 aliphatic carbocycles. The van der Waals surface area contributed by atoms with Crippen molar-refractivity contribution in [1.82, 2.24) is 0 Å². The number of ether oxygens (including phenoxy) is 2. The standard InChI is InChI=1S/C10H10Br2O2/c1-13-6-2-3-9-7(4-6)10(12)8(11)5-14-9/h2-4,8,10H,5H2,1H3/t8-,10-/m1/s1. The lowest BCUT2D eigenvalue weighted by Crippen LogP contribution is -2.22. The maximum Gasteiger partial charge on any atom is 0.123 e. The van der Waals surface area contributed by atoms with Gasteiger partial charge in [0.25, 0.3) is 0 Å². The van der Waals surface area contributed by atoms with Crippen LogP contribution < -0.4 is 9.47 Å². The minimum absolute atomic E-state index is 0.279. The Hall–Kier alpha value is -0.220. The van der Waals surface area contributed by atoms with E-state index in [-0.39, 0.29) is 4.83 Å². The second kappa shape index (κ2) is 4.11. The lowest BCUT2D eigenvalue weighted by molar-refractivity contribution is 0.294. The fourth-order valence-electron chi connectivity index (χ4n) is 1.45. The normalized spacial score (nSPS) is 25.1. The van der Waals surface area contributed by atoms with E-state index >= 15 is 0 Å². The Balaban J connectivity index is 2.41. The van der Waals surface area contributed by atoms with Crippen LogP contribution in [-0.4, -0.2) is 18.5 Å². The van der Waals surface area contributed by atoms with Crippen molar-refractivity contribution >= 4 is 31.9 Å². The number of fused-ring (bicyclic) bond motifs is 1. The van der Waals surface area contributed by atoms with Crippen molar-refractivity contribution in [3.8, 4) is 11.5 Å². The Morgan fingerprint density at radius 1 is 1.43 bits per heavy atom. The minimum atomic E-state index is 0.279. The van der Waals surface area contributed by atoms with Crippen LogP contribution in [0.3, 0.4) is 0 Å². The van der Waals surface area contributed by atoms with E-state index in [9.17, 15) is 0 Å². The number of hydrogen-bond donors (Lipinski definition) is 0. The van der Waals surface area contributed by atoms with E-state index in [1.807, 2.05) is 18.2 Å². The summed E-state index contributed by atoms with van der Waals surface area (Å²) in [5, 5.41) is 0. The van der Waals surface area contributed by atoms with Crippen molar-refractivity contribution in [1.29, 1.82) is 0 Å². The quantitative estimate of drug-likeness (QED) is 0.739. The molecule has 1 aromatic carbocycles. The summed E-state index contributed by atoms with van der Waals surface area (Å²) in [6.45, 7) is 0.690. The predicted molar refractivity (Wildman–Crippen MR) is 62.9 cm³/mol. The number of halogens is 2. The zero-order chi connectivity index (χ0) is 10.1. The van der Waals surface area contributed by atoms with Gasteiger partial charge in [-0.3, -0.25) is 0 Å². The van der Waals surface area contributed by atoms with Crippen molar-refractivity contribution in [2.75, 3.05) is 13.7 Å². The summed E-state index contributed by atoms with van der Waals surface area (Å²) in [6, 6.07) is 5.86. The summed E-state index contributed by atoms with van der Waals surface area (Å²) in [7, 11) is 1.67. The molecule has 0 bridgehead atoms. The van der Waals surface area contributed by atoms with Gasteiger partial charge >= 0.3 is 0 Å². The highest BCUT2D eigenvalue weighted by molar-refractivity contribution is 9.12. The molecule has 0 saturated carbocycles. The SMILES string of the molecule is COc1ccc2c(c1)[C@@H](Br)[C@H](Br)CO2. The van der Waals surface area contributed by atoms with Gasteiger partial charge in [0.1, 0.15) is 18.1 Å². The Morgan fingerprint density at radius 2 is 2.21 bits per heavy atom. The minimum Gasteiger partial charge on any atom is -0.497 e. The topological polar surface area (TPSA) is 18.5 Å². The Morgan fingerprint density at radius 3 is 2.93 bits per heavy atom. The second-order valence-corrected chi connectivity index (χ2v) is 5.30. The third-order valence-electron chi connectivity index (χ3n) is 2.23. The average Bonchev–Trinajstić information content (AvgIpc) is 2.23. The fourth-order valence-corrected chi connectivity index (χ4v) is 2.38. The first-order chi connectivity index (χ1) is 6.72. The highest BCUT2D eigenvalue weighted by Gasteiger charge is 2.27. The average molecular weight is 322 g/mol. The molecule has 1 aliphatic rings. The molecule has 0 spiro atoms. The Bertz CT molecular complexity index is 341. The van der Waals surface area contributed by atoms with Crippen LogP contribution in [0.25, 0.3) is 0 Å². The predicted octanol–water partition coefficient (Wildman–Crippen LogP) is 3.29. The van der Waals surface area contributed by atoms with Crippen LogP contribution >= 0.6 is 31.9 Å². The van der Waals surface area contributed by atoms with Gasteiger partial charge in [-0.1, -0.05) is 31.9 Å². The molecule has 2 rings (SSSR count). The molecular weight excluding hydrogens is 312 g/mol. The molecule has 0 radical (unpaired) electrons. The van der Waals surface area contributed by atoms with Crippen LogP contribution in [0.5, 0.6) is 11.5 Å². The molecule has 0 N–H and O–H groups in total. The largest absolute Gasteiger partial charge is 0.497 e. The van der Waals surface area contributed by atoms with Gasteiger partial charge in [-0.25, -0.2) is 0 Å². The molecule has 1 heterocycles. The van der Waals surface area contributed by atoms with E-state index in [0.29, 0.717) is 11.4 Å². The summed E-state index contributed by atoms with van der Waals surface area (Å²) >= 11 is 7.19. The van der Waals surface area contributed by atoms with Crippen LogP contribution in [0, 0.1) is 0 Å². The molecule has 0 aromatic heterocycles. The molecular formula is C10H10Br2O2. The van der Waals surface area contributed by atoms with Gasteiger partial charge in [-0.05, 0) is 18.2 Å². The molecule has 2 nitrogen and oxygen atoms in total. The number of benzene rings is 1. The zero-order valence-electron chi connectivity index (χ0n) is 7.67. The molecule has 4 heteroatoms.